The molecule has 0 spiro atoms. The molecule has 6 nitrogen and oxygen atoms in total. The first-order valence-electron chi connectivity index (χ1n) is 7.65. The van der Waals surface area contributed by atoms with Crippen LogP contribution in [0.3, 0.4) is 0 Å². The summed E-state index contributed by atoms with van der Waals surface area (Å²) >= 11 is 5.29. The Morgan fingerprint density at radius 2 is 2.21 bits per heavy atom. The second-order valence-corrected chi connectivity index (χ2v) is 7.80. The average molecular weight is 369 g/mol. The summed E-state index contributed by atoms with van der Waals surface area (Å²) in [5, 5.41) is 9.56. The van der Waals surface area contributed by atoms with Crippen LogP contribution in [0.4, 0.5) is 4.79 Å². The highest BCUT2D eigenvalue weighted by Crippen LogP contribution is 2.23. The van der Waals surface area contributed by atoms with E-state index in [1.807, 2.05) is 20.8 Å². The minimum atomic E-state index is -0.436. The normalized spacial score (nSPS) is 13.8. The number of carbonyl (C=O) groups is 1. The monoisotopic (exact) mass is 368 g/mol. The van der Waals surface area contributed by atoms with Crippen LogP contribution < -0.4 is 4.72 Å². The Bertz CT molecular complexity index is 578. The zero-order chi connectivity index (χ0) is 18.2. The van der Waals surface area contributed by atoms with Gasteiger partial charge in [0, 0.05) is 19.3 Å². The van der Waals surface area contributed by atoms with Gasteiger partial charge in [0.2, 0.25) is 0 Å². The van der Waals surface area contributed by atoms with Crippen molar-refractivity contribution in [2.24, 2.45) is 0 Å². The summed E-state index contributed by atoms with van der Waals surface area (Å²) in [6.45, 7) is 5.42. The predicted molar refractivity (Wildman–Crippen MR) is 98.6 cm³/mol. The van der Waals surface area contributed by atoms with Crippen molar-refractivity contribution in [3.05, 3.63) is 23.9 Å². The maximum Gasteiger partial charge on any atom is 0.419 e. The number of rotatable bonds is 3. The molecule has 0 aliphatic heterocycles. The molecule has 0 saturated heterocycles. The van der Waals surface area contributed by atoms with Crippen LogP contribution in [-0.4, -0.2) is 34.1 Å². The van der Waals surface area contributed by atoms with Crippen molar-refractivity contribution in [2.45, 2.75) is 56.7 Å². The molecule has 8 heteroatoms. The Morgan fingerprint density at radius 3 is 2.62 bits per heavy atom. The minimum absolute atomic E-state index is 0.434. The molecular weight excluding hydrogens is 344 g/mol. The summed E-state index contributed by atoms with van der Waals surface area (Å²) < 4.78 is 9.34. The van der Waals surface area contributed by atoms with Gasteiger partial charge < -0.3 is 4.74 Å². The summed E-state index contributed by atoms with van der Waals surface area (Å²) in [5.74, 6) is 0. The molecule has 0 unspecified atom stereocenters. The number of pyridine rings is 1. The van der Waals surface area contributed by atoms with E-state index in [0.29, 0.717) is 11.6 Å². The van der Waals surface area contributed by atoms with E-state index in [2.05, 4.69) is 28.6 Å². The van der Waals surface area contributed by atoms with Crippen LogP contribution in [0.1, 0.15) is 45.6 Å². The molecule has 1 amide bonds. The van der Waals surface area contributed by atoms with E-state index < -0.39 is 11.7 Å². The zero-order valence-electron chi connectivity index (χ0n) is 14.4. The fraction of sp³-hybridized carbons (Fsp3) is 0.562. The zero-order valence-corrected chi connectivity index (χ0v) is 16.2. The van der Waals surface area contributed by atoms with Crippen molar-refractivity contribution < 1.29 is 9.53 Å². The number of ether oxygens (including phenoxy) is 1. The van der Waals surface area contributed by atoms with Crippen LogP contribution in [0.2, 0.25) is 0 Å². The fourth-order valence-electron chi connectivity index (χ4n) is 1.53. The first-order chi connectivity index (χ1) is 11.2. The Hall–Kier alpha value is -1.43. The van der Waals surface area contributed by atoms with E-state index >= 15 is 0 Å². The second kappa shape index (κ2) is 9.77. The van der Waals surface area contributed by atoms with E-state index in [9.17, 15) is 4.79 Å². The number of nitrogens with one attached hydrogen (secondary N) is 1. The molecule has 132 valence electrons. The lowest BCUT2D eigenvalue weighted by Crippen LogP contribution is -2.30. The quantitative estimate of drug-likeness (QED) is 0.624. The van der Waals surface area contributed by atoms with Crippen molar-refractivity contribution in [3.8, 4) is 6.07 Å². The van der Waals surface area contributed by atoms with Gasteiger partial charge in [-0.1, -0.05) is 19.2 Å². The van der Waals surface area contributed by atoms with E-state index in [0.717, 1.165) is 9.33 Å². The molecule has 1 saturated carbocycles. The van der Waals surface area contributed by atoms with Gasteiger partial charge in [0.1, 0.15) is 10.6 Å². The van der Waals surface area contributed by atoms with Crippen molar-refractivity contribution in [2.75, 3.05) is 7.05 Å². The third-order valence-corrected chi connectivity index (χ3v) is 4.00. The number of nitrogens with zero attached hydrogens (tertiary/aromatic N) is 3. The van der Waals surface area contributed by atoms with Gasteiger partial charge in [-0.05, 0) is 57.7 Å². The molecule has 1 fully saturated rings. The smallest absolute Gasteiger partial charge is 0.419 e. The summed E-state index contributed by atoms with van der Waals surface area (Å²) in [6, 6.07) is 6.25. The minimum Gasteiger partial charge on any atom is -0.443 e. The van der Waals surface area contributed by atoms with Crippen LogP contribution in [0, 0.1) is 11.3 Å². The number of carbonyl (C=O) groups excluding carboxylic acids is 1. The molecule has 2 rings (SSSR count). The Kier molecular flexibility index (Phi) is 8.39. The average Bonchev–Trinajstić information content (AvgIpc) is 2.45. The number of amides is 1. The standard InChI is InChI=1S/C10H11N3S.C6H13NO2S/c11-7-8-4-5-12-10(6-8)14-13-9-2-1-3-9;1-6(2,3)9-5(8)7(4)10/h4-6,9,13H,1-3H2;10H,1-4H3. The van der Waals surface area contributed by atoms with Gasteiger partial charge in [-0.25, -0.2) is 9.78 Å². The molecule has 0 bridgehead atoms. The molecule has 24 heavy (non-hydrogen) atoms. The molecule has 0 aromatic carbocycles. The van der Waals surface area contributed by atoms with E-state index in [-0.39, 0.29) is 0 Å². The molecule has 1 aromatic rings. The fourth-order valence-corrected chi connectivity index (χ4v) is 2.40. The van der Waals surface area contributed by atoms with Gasteiger partial charge in [0.15, 0.2) is 0 Å². The number of hydrogen-bond acceptors (Lipinski definition) is 7. The highest BCUT2D eigenvalue weighted by atomic mass is 32.2. The number of thiol groups is 1. The topological polar surface area (TPSA) is 78.2 Å². The van der Waals surface area contributed by atoms with Gasteiger partial charge in [-0.15, -0.1) is 0 Å². The first kappa shape index (κ1) is 20.6. The number of aromatic nitrogens is 1. The lowest BCUT2D eigenvalue weighted by atomic mass is 9.94. The SMILES string of the molecule is CN(S)C(=O)OC(C)(C)C.N#Cc1ccnc(SNC2CCC2)c1. The Morgan fingerprint density at radius 1 is 1.54 bits per heavy atom. The number of nitriles is 1. The van der Waals surface area contributed by atoms with E-state index in [4.69, 9.17) is 10.00 Å². The second-order valence-electron chi connectivity index (χ2n) is 6.35. The van der Waals surface area contributed by atoms with E-state index in [1.165, 1.54) is 38.3 Å². The van der Waals surface area contributed by atoms with Gasteiger partial charge in [-0.2, -0.15) is 5.26 Å². The highest BCUT2D eigenvalue weighted by molar-refractivity contribution is 7.97. The van der Waals surface area contributed by atoms with Gasteiger partial charge in [0.25, 0.3) is 0 Å². The molecule has 1 heterocycles. The van der Waals surface area contributed by atoms with Gasteiger partial charge in [0.05, 0.1) is 11.6 Å². The number of hydrogen-bond donors (Lipinski definition) is 2. The predicted octanol–water partition coefficient (Wildman–Crippen LogP) is 3.80. The summed E-state index contributed by atoms with van der Waals surface area (Å²) in [5.41, 5.74) is 0.228. The Balaban J connectivity index is 0.000000257. The van der Waals surface area contributed by atoms with Crippen molar-refractivity contribution in [3.63, 3.8) is 0 Å². The van der Waals surface area contributed by atoms with Crippen molar-refractivity contribution in [1.29, 1.82) is 5.26 Å². The van der Waals surface area contributed by atoms with Gasteiger partial charge >= 0.3 is 6.09 Å². The molecule has 0 radical (unpaired) electrons. The summed E-state index contributed by atoms with van der Waals surface area (Å²) in [4.78, 5) is 15.0. The van der Waals surface area contributed by atoms with E-state index in [1.54, 1.807) is 18.3 Å². The lowest BCUT2D eigenvalue weighted by Gasteiger charge is -2.25. The van der Waals surface area contributed by atoms with Crippen LogP contribution in [0.5, 0.6) is 0 Å². The molecule has 1 aliphatic rings. The maximum absolute atomic E-state index is 10.8. The largest absolute Gasteiger partial charge is 0.443 e. The maximum atomic E-state index is 10.8. The third kappa shape index (κ3) is 8.43. The van der Waals surface area contributed by atoms with Crippen LogP contribution in [0.25, 0.3) is 0 Å². The Labute approximate surface area is 153 Å². The molecule has 1 aromatic heterocycles. The van der Waals surface area contributed by atoms with Crippen LogP contribution in [0.15, 0.2) is 23.4 Å². The summed E-state index contributed by atoms with van der Waals surface area (Å²) in [6.07, 6.45) is 5.07. The third-order valence-electron chi connectivity index (χ3n) is 2.96. The summed E-state index contributed by atoms with van der Waals surface area (Å²) in [7, 11) is 1.52. The molecule has 1 aliphatic carbocycles. The van der Waals surface area contributed by atoms with Crippen molar-refractivity contribution in [1.82, 2.24) is 14.0 Å². The first-order valence-corrected chi connectivity index (χ1v) is 8.87. The molecular formula is C16H24N4O2S2. The van der Waals surface area contributed by atoms with Crippen LogP contribution in [-0.2, 0) is 4.74 Å². The van der Waals surface area contributed by atoms with Gasteiger partial charge in [-0.3, -0.25) is 9.03 Å². The molecule has 1 N–H and O–H groups in total. The van der Waals surface area contributed by atoms with Crippen LogP contribution >= 0.6 is 24.8 Å². The van der Waals surface area contributed by atoms with Crippen molar-refractivity contribution >= 4 is 30.9 Å². The molecule has 0 atom stereocenters. The lowest BCUT2D eigenvalue weighted by molar-refractivity contribution is 0.0435. The highest BCUT2D eigenvalue weighted by Gasteiger charge is 2.17.